The van der Waals surface area contributed by atoms with Crippen LogP contribution < -0.4 is 19.6 Å². The van der Waals surface area contributed by atoms with Crippen molar-refractivity contribution in [1.82, 2.24) is 0 Å². The highest BCUT2D eigenvalue weighted by Crippen LogP contribution is 2.52. The van der Waals surface area contributed by atoms with Gasteiger partial charge in [0.25, 0.3) is 0 Å². The Morgan fingerprint density at radius 2 is 1.57 bits per heavy atom. The van der Waals surface area contributed by atoms with Gasteiger partial charge in [0.2, 0.25) is 0 Å². The molecule has 0 amide bonds. The Labute approximate surface area is 272 Å². The van der Waals surface area contributed by atoms with Gasteiger partial charge in [-0.25, -0.2) is 9.59 Å². The summed E-state index contributed by atoms with van der Waals surface area (Å²) in [5.41, 5.74) is 1.15. The first kappa shape index (κ1) is 32.8. The smallest absolute Gasteiger partial charge is 0.347 e. The molecule has 4 aromatic rings. The minimum atomic E-state index is -0.835. The molecule has 0 saturated heterocycles. The molecule has 1 atom stereocenters. The van der Waals surface area contributed by atoms with Gasteiger partial charge >= 0.3 is 11.9 Å². The van der Waals surface area contributed by atoms with Crippen LogP contribution in [0.15, 0.2) is 21.3 Å². The van der Waals surface area contributed by atoms with Gasteiger partial charge in [-0.2, -0.15) is 0 Å². The summed E-state index contributed by atoms with van der Waals surface area (Å²) in [6.45, 7) is 8.87. The molecule has 0 aliphatic carbocycles. The summed E-state index contributed by atoms with van der Waals surface area (Å²) >= 11 is 12.2. The minimum absolute atomic E-state index is 0.00958. The summed E-state index contributed by atoms with van der Waals surface area (Å²) in [5, 5.41) is 30.7. The number of aromatic hydroxyl groups is 3. The number of ether oxygens (including phenoxy) is 4. The third kappa shape index (κ3) is 5.43. The SMILES string of the molecule is COC(=O)c1c(C)c2c(c(C)c1O)OC(=O)c1c(C)c(Cl)c(O)c(Cl)c1O2.Cc1cc(=O)c2c(O)c3c(cc2o1)OCC(C)CC3. The van der Waals surface area contributed by atoms with Crippen molar-refractivity contribution in [3.8, 4) is 40.2 Å². The summed E-state index contributed by atoms with van der Waals surface area (Å²) < 4.78 is 27.1. The number of phenolic OH excluding ortho intramolecular Hbond substituents is 3. The number of phenols is 3. The summed E-state index contributed by atoms with van der Waals surface area (Å²) in [6, 6.07) is 3.12. The fourth-order valence-electron chi connectivity index (χ4n) is 5.40. The van der Waals surface area contributed by atoms with E-state index >= 15 is 0 Å². The minimum Gasteiger partial charge on any atom is -0.507 e. The van der Waals surface area contributed by atoms with Crippen molar-refractivity contribution in [2.75, 3.05) is 13.7 Å². The van der Waals surface area contributed by atoms with Crippen molar-refractivity contribution < 1.29 is 48.3 Å². The third-order valence-corrected chi connectivity index (χ3v) is 8.80. The van der Waals surface area contributed by atoms with Crippen LogP contribution in [0.25, 0.3) is 11.0 Å². The summed E-state index contributed by atoms with van der Waals surface area (Å²) in [6.07, 6.45) is 1.65. The first-order valence-corrected chi connectivity index (χ1v) is 14.9. The van der Waals surface area contributed by atoms with E-state index in [-0.39, 0.29) is 71.7 Å². The number of carbonyl (C=O) groups is 2. The molecule has 0 bridgehead atoms. The number of hydrogen-bond acceptors (Lipinski definition) is 11. The van der Waals surface area contributed by atoms with E-state index < -0.39 is 23.4 Å². The van der Waals surface area contributed by atoms with Crippen molar-refractivity contribution >= 4 is 46.1 Å². The van der Waals surface area contributed by atoms with Crippen molar-refractivity contribution in [3.63, 3.8) is 0 Å². The molecule has 2 aliphatic heterocycles. The zero-order valence-electron chi connectivity index (χ0n) is 25.7. The zero-order valence-corrected chi connectivity index (χ0v) is 27.2. The average molecular weight is 673 g/mol. The maximum Gasteiger partial charge on any atom is 0.347 e. The molecular weight excluding hydrogens is 643 g/mol. The lowest BCUT2D eigenvalue weighted by Crippen LogP contribution is -2.11. The molecular formula is C33H30Cl2O11. The Morgan fingerprint density at radius 1 is 0.891 bits per heavy atom. The highest BCUT2D eigenvalue weighted by atomic mass is 35.5. The first-order chi connectivity index (χ1) is 21.7. The fraction of sp³-hybridized carbons (Fsp3) is 0.303. The standard InChI is InChI=1S/C18H14Cl2O7.C15H16O4/c1-5-9-16(11(20)13(22)10(5)19)26-14-6(2)8(17(23)25-4)12(21)7(3)15(14)27-18(9)24;1-8-3-4-10-12(18-7-8)6-13-14(15(10)17)11(16)5-9(2)19-13/h21-22H,1-4H3;5-6,8,17H,3-4,7H2,1-2H3. The van der Waals surface area contributed by atoms with Gasteiger partial charge in [0.05, 0.1) is 18.7 Å². The Kier molecular flexibility index (Phi) is 8.76. The molecule has 6 rings (SSSR count). The number of esters is 2. The molecule has 0 saturated carbocycles. The molecule has 1 aromatic heterocycles. The number of carbonyl (C=O) groups excluding carboxylic acids is 2. The predicted octanol–water partition coefficient (Wildman–Crippen LogP) is 7.21. The quantitative estimate of drug-likeness (QED) is 0.138. The van der Waals surface area contributed by atoms with E-state index in [2.05, 4.69) is 6.92 Å². The average Bonchev–Trinajstić information content (AvgIpc) is 3.29. The van der Waals surface area contributed by atoms with Crippen LogP contribution in [0.1, 0.15) is 62.1 Å². The van der Waals surface area contributed by atoms with E-state index in [1.807, 2.05) is 0 Å². The third-order valence-electron chi connectivity index (χ3n) is 7.98. The van der Waals surface area contributed by atoms with Gasteiger partial charge < -0.3 is 38.7 Å². The molecule has 1 unspecified atom stereocenters. The van der Waals surface area contributed by atoms with Crippen LogP contribution in [-0.4, -0.2) is 41.0 Å². The monoisotopic (exact) mass is 672 g/mol. The molecule has 3 aromatic carbocycles. The molecule has 0 spiro atoms. The van der Waals surface area contributed by atoms with Crippen molar-refractivity contribution in [1.29, 1.82) is 0 Å². The van der Waals surface area contributed by atoms with E-state index in [0.717, 1.165) is 6.42 Å². The number of rotatable bonds is 1. The van der Waals surface area contributed by atoms with Gasteiger partial charge in [0.1, 0.15) is 50.1 Å². The van der Waals surface area contributed by atoms with Crippen LogP contribution in [0.2, 0.25) is 10.0 Å². The van der Waals surface area contributed by atoms with E-state index in [4.69, 9.17) is 46.6 Å². The van der Waals surface area contributed by atoms with Crippen LogP contribution in [0, 0.1) is 33.6 Å². The van der Waals surface area contributed by atoms with Crippen molar-refractivity contribution in [3.05, 3.63) is 71.5 Å². The molecule has 3 heterocycles. The lowest BCUT2D eigenvalue weighted by Gasteiger charge is -2.17. The number of benzene rings is 3. The van der Waals surface area contributed by atoms with Crippen LogP contribution >= 0.6 is 23.2 Å². The van der Waals surface area contributed by atoms with Gasteiger partial charge in [-0.15, -0.1) is 0 Å². The normalized spacial score (nSPS) is 15.0. The number of fused-ring (bicyclic) bond motifs is 4. The van der Waals surface area contributed by atoms with Crippen LogP contribution in [0.3, 0.4) is 0 Å². The van der Waals surface area contributed by atoms with E-state index in [1.165, 1.54) is 33.9 Å². The zero-order chi connectivity index (χ0) is 33.8. The molecule has 242 valence electrons. The summed E-state index contributed by atoms with van der Waals surface area (Å²) in [5.74, 6) is -1.14. The van der Waals surface area contributed by atoms with Crippen molar-refractivity contribution in [2.45, 2.75) is 47.5 Å². The van der Waals surface area contributed by atoms with E-state index in [0.29, 0.717) is 41.6 Å². The van der Waals surface area contributed by atoms with Gasteiger partial charge in [-0.3, -0.25) is 4.79 Å². The summed E-state index contributed by atoms with van der Waals surface area (Å²) in [7, 11) is 1.17. The number of halogens is 2. The molecule has 11 nitrogen and oxygen atoms in total. The van der Waals surface area contributed by atoms with Gasteiger partial charge in [-0.05, 0) is 52.0 Å². The first-order valence-electron chi connectivity index (χ1n) is 14.1. The van der Waals surface area contributed by atoms with E-state index in [1.54, 1.807) is 13.0 Å². The molecule has 13 heteroatoms. The molecule has 0 radical (unpaired) electrons. The lowest BCUT2D eigenvalue weighted by molar-refractivity contribution is 0.0595. The Hall–Kier alpha value is -4.61. The Balaban J connectivity index is 0.000000192. The van der Waals surface area contributed by atoms with Gasteiger partial charge in [-0.1, -0.05) is 30.1 Å². The second kappa shape index (κ2) is 12.3. The number of methoxy groups -OCH3 is 1. The number of aryl methyl sites for hydroxylation is 1. The fourth-order valence-corrected chi connectivity index (χ4v) is 5.87. The second-order valence-electron chi connectivity index (χ2n) is 11.2. The van der Waals surface area contributed by atoms with Crippen molar-refractivity contribution in [2.24, 2.45) is 5.92 Å². The Morgan fingerprint density at radius 3 is 2.24 bits per heavy atom. The lowest BCUT2D eigenvalue weighted by atomic mass is 10.00. The van der Waals surface area contributed by atoms with Crippen LogP contribution in [0.5, 0.6) is 40.2 Å². The molecule has 2 aliphatic rings. The number of hydrogen-bond donors (Lipinski definition) is 3. The van der Waals surface area contributed by atoms with Crippen LogP contribution in [-0.2, 0) is 11.2 Å². The molecule has 3 N–H and O–H groups in total. The predicted molar refractivity (Wildman–Crippen MR) is 169 cm³/mol. The topological polar surface area (TPSA) is 162 Å². The maximum absolute atomic E-state index is 12.7. The summed E-state index contributed by atoms with van der Waals surface area (Å²) in [4.78, 5) is 36.8. The van der Waals surface area contributed by atoms with Gasteiger partial charge in [0.15, 0.2) is 28.4 Å². The Bertz CT molecular complexity index is 2010. The molecule has 46 heavy (non-hydrogen) atoms. The highest BCUT2D eigenvalue weighted by molar-refractivity contribution is 6.39. The second-order valence-corrected chi connectivity index (χ2v) is 11.9. The van der Waals surface area contributed by atoms with E-state index in [9.17, 15) is 29.7 Å². The van der Waals surface area contributed by atoms with Crippen LogP contribution in [0.4, 0.5) is 0 Å². The maximum atomic E-state index is 12.7. The largest absolute Gasteiger partial charge is 0.507 e. The highest BCUT2D eigenvalue weighted by Gasteiger charge is 2.35. The van der Waals surface area contributed by atoms with Gasteiger partial charge in [0, 0.05) is 28.8 Å². The molecule has 0 fully saturated rings.